The Morgan fingerprint density at radius 2 is 2.44 bits per heavy atom. The van der Waals surface area contributed by atoms with Gasteiger partial charge in [0.2, 0.25) is 0 Å². The largest absolute Gasteiger partial charge is 0.327 e. The van der Waals surface area contributed by atoms with Gasteiger partial charge >= 0.3 is 5.00 Å². The molecule has 1 aliphatic rings. The van der Waals surface area contributed by atoms with Crippen LogP contribution in [0.1, 0.15) is 17.7 Å². The molecule has 0 saturated carbocycles. The molecular formula is C10H15N3O2S. The minimum Gasteiger partial charge on any atom is -0.327 e. The topological polar surface area (TPSA) is 72.4 Å². The number of nitrogens with two attached hydrogens (primary N) is 1. The van der Waals surface area contributed by atoms with Gasteiger partial charge < -0.3 is 5.73 Å². The van der Waals surface area contributed by atoms with Crippen molar-refractivity contribution in [1.29, 1.82) is 0 Å². The van der Waals surface area contributed by atoms with E-state index in [-0.39, 0.29) is 16.0 Å². The average molecular weight is 241 g/mol. The molecule has 1 fully saturated rings. The summed E-state index contributed by atoms with van der Waals surface area (Å²) >= 11 is 1.25. The first-order valence-electron chi connectivity index (χ1n) is 5.36. The Morgan fingerprint density at radius 1 is 1.62 bits per heavy atom. The van der Waals surface area contributed by atoms with Crippen molar-refractivity contribution >= 4 is 16.3 Å². The minimum absolute atomic E-state index is 0.219. The highest BCUT2D eigenvalue weighted by Gasteiger charge is 2.18. The fraction of sp³-hybridized carbons (Fsp3) is 0.600. The lowest BCUT2D eigenvalue weighted by Gasteiger charge is -2.30. The van der Waals surface area contributed by atoms with Crippen molar-refractivity contribution in [2.45, 2.75) is 25.4 Å². The van der Waals surface area contributed by atoms with Crippen molar-refractivity contribution < 1.29 is 4.92 Å². The zero-order chi connectivity index (χ0) is 11.5. The van der Waals surface area contributed by atoms with Crippen molar-refractivity contribution in [2.24, 2.45) is 5.73 Å². The summed E-state index contributed by atoms with van der Waals surface area (Å²) < 4.78 is 0. The molecule has 0 aliphatic carbocycles. The summed E-state index contributed by atoms with van der Waals surface area (Å²) in [7, 11) is 0. The highest BCUT2D eigenvalue weighted by Crippen LogP contribution is 2.25. The van der Waals surface area contributed by atoms with Crippen LogP contribution in [0.3, 0.4) is 0 Å². The lowest BCUT2D eigenvalue weighted by molar-refractivity contribution is -0.380. The maximum absolute atomic E-state index is 10.5. The monoisotopic (exact) mass is 241 g/mol. The van der Waals surface area contributed by atoms with Gasteiger partial charge in [-0.25, -0.2) is 0 Å². The number of likely N-dealkylation sites (tertiary alicyclic amines) is 1. The number of hydrogen-bond acceptors (Lipinski definition) is 5. The van der Waals surface area contributed by atoms with Crippen molar-refractivity contribution in [3.63, 3.8) is 0 Å². The van der Waals surface area contributed by atoms with E-state index in [9.17, 15) is 10.1 Å². The first-order chi connectivity index (χ1) is 7.65. The molecule has 2 heterocycles. The fourth-order valence-electron chi connectivity index (χ4n) is 2.00. The highest BCUT2D eigenvalue weighted by molar-refractivity contribution is 7.15. The summed E-state index contributed by atoms with van der Waals surface area (Å²) in [5, 5.41) is 10.8. The van der Waals surface area contributed by atoms with E-state index in [1.807, 2.05) is 6.07 Å². The minimum atomic E-state index is -0.337. The normalized spacial score (nSPS) is 22.2. The van der Waals surface area contributed by atoms with Gasteiger partial charge in [-0.1, -0.05) is 11.3 Å². The molecular weight excluding hydrogens is 226 g/mol. The third-order valence-corrected chi connectivity index (χ3v) is 3.77. The van der Waals surface area contributed by atoms with Gasteiger partial charge in [-0.2, -0.15) is 0 Å². The number of piperidine rings is 1. The Labute approximate surface area is 98.0 Å². The maximum atomic E-state index is 10.5. The average Bonchev–Trinajstić information content (AvgIpc) is 2.66. The second kappa shape index (κ2) is 4.90. The van der Waals surface area contributed by atoms with Gasteiger partial charge in [-0.15, -0.1) is 0 Å². The van der Waals surface area contributed by atoms with E-state index in [0.717, 1.165) is 37.4 Å². The van der Waals surface area contributed by atoms with Crippen LogP contribution in [-0.4, -0.2) is 29.0 Å². The second-order valence-corrected chi connectivity index (χ2v) is 5.28. The zero-order valence-electron chi connectivity index (χ0n) is 8.96. The maximum Gasteiger partial charge on any atom is 0.324 e. The molecule has 1 aromatic rings. The van der Waals surface area contributed by atoms with Crippen LogP contribution in [0.25, 0.3) is 0 Å². The van der Waals surface area contributed by atoms with Crippen LogP contribution < -0.4 is 5.73 Å². The van der Waals surface area contributed by atoms with E-state index < -0.39 is 0 Å². The van der Waals surface area contributed by atoms with Crippen LogP contribution >= 0.6 is 11.3 Å². The van der Waals surface area contributed by atoms with E-state index >= 15 is 0 Å². The number of nitro groups is 1. The van der Waals surface area contributed by atoms with Gasteiger partial charge in [0, 0.05) is 30.1 Å². The molecule has 5 nitrogen and oxygen atoms in total. The standard InChI is InChI=1S/C10H15N3O2S/c11-8-2-1-5-12(6-8)7-9-3-4-10(16-9)13(14)15/h3-4,8H,1-2,5-7,11H2. The molecule has 1 atom stereocenters. The van der Waals surface area contributed by atoms with Gasteiger partial charge in [0.05, 0.1) is 4.92 Å². The molecule has 1 saturated heterocycles. The summed E-state index contributed by atoms with van der Waals surface area (Å²) in [5.74, 6) is 0. The molecule has 0 amide bonds. The Bertz CT molecular complexity index is 380. The van der Waals surface area contributed by atoms with E-state index in [1.165, 1.54) is 11.3 Å². The molecule has 16 heavy (non-hydrogen) atoms. The number of nitrogens with zero attached hydrogens (tertiary/aromatic N) is 2. The molecule has 1 aromatic heterocycles. The molecule has 0 radical (unpaired) electrons. The quantitative estimate of drug-likeness (QED) is 0.644. The van der Waals surface area contributed by atoms with Crippen LogP contribution in [0, 0.1) is 10.1 Å². The van der Waals surface area contributed by atoms with Crippen molar-refractivity contribution in [2.75, 3.05) is 13.1 Å². The van der Waals surface area contributed by atoms with E-state index in [0.29, 0.717) is 0 Å². The molecule has 2 rings (SSSR count). The molecule has 6 heteroatoms. The van der Waals surface area contributed by atoms with Crippen LogP contribution in [0.2, 0.25) is 0 Å². The lowest BCUT2D eigenvalue weighted by Crippen LogP contribution is -2.42. The Hall–Kier alpha value is -0.980. The number of hydrogen-bond donors (Lipinski definition) is 1. The van der Waals surface area contributed by atoms with Crippen LogP contribution in [0.15, 0.2) is 12.1 Å². The molecule has 0 spiro atoms. The molecule has 88 valence electrons. The summed E-state index contributed by atoms with van der Waals surface area (Å²) in [6.45, 7) is 2.72. The fourth-order valence-corrected chi connectivity index (χ4v) is 2.87. The van der Waals surface area contributed by atoms with Gasteiger partial charge in [0.15, 0.2) is 0 Å². The summed E-state index contributed by atoms with van der Waals surface area (Å²) in [6, 6.07) is 3.66. The Kier molecular flexibility index (Phi) is 3.52. The van der Waals surface area contributed by atoms with Crippen molar-refractivity contribution in [3.8, 4) is 0 Å². The molecule has 1 unspecified atom stereocenters. The smallest absolute Gasteiger partial charge is 0.324 e. The third-order valence-electron chi connectivity index (χ3n) is 2.75. The summed E-state index contributed by atoms with van der Waals surface area (Å²) in [5.41, 5.74) is 5.89. The van der Waals surface area contributed by atoms with Gasteiger partial charge in [-0.3, -0.25) is 15.0 Å². The third kappa shape index (κ3) is 2.78. The van der Waals surface area contributed by atoms with Crippen molar-refractivity contribution in [1.82, 2.24) is 4.90 Å². The highest BCUT2D eigenvalue weighted by atomic mass is 32.1. The first kappa shape index (κ1) is 11.5. The van der Waals surface area contributed by atoms with Gasteiger partial charge in [-0.05, 0) is 25.5 Å². The van der Waals surface area contributed by atoms with Crippen LogP contribution in [0.5, 0.6) is 0 Å². The molecule has 0 bridgehead atoms. The molecule has 0 aromatic carbocycles. The van der Waals surface area contributed by atoms with Crippen LogP contribution in [-0.2, 0) is 6.54 Å². The number of rotatable bonds is 3. The summed E-state index contributed by atoms with van der Waals surface area (Å²) in [4.78, 5) is 13.5. The number of thiophene rings is 1. The SMILES string of the molecule is NC1CCCN(Cc2ccc([N+](=O)[O-])s2)C1. The van der Waals surface area contributed by atoms with Crippen molar-refractivity contribution in [3.05, 3.63) is 27.1 Å². The van der Waals surface area contributed by atoms with Crippen LogP contribution in [0.4, 0.5) is 5.00 Å². The zero-order valence-corrected chi connectivity index (χ0v) is 9.78. The lowest BCUT2D eigenvalue weighted by atomic mass is 10.1. The van der Waals surface area contributed by atoms with E-state index in [2.05, 4.69) is 4.90 Å². The first-order valence-corrected chi connectivity index (χ1v) is 6.18. The van der Waals surface area contributed by atoms with Gasteiger partial charge in [0.1, 0.15) is 0 Å². The summed E-state index contributed by atoms with van der Waals surface area (Å²) in [6.07, 6.45) is 2.20. The Balaban J connectivity index is 1.95. The van der Waals surface area contributed by atoms with E-state index in [1.54, 1.807) is 6.07 Å². The Morgan fingerprint density at radius 3 is 3.06 bits per heavy atom. The second-order valence-electron chi connectivity index (χ2n) is 4.13. The van der Waals surface area contributed by atoms with Gasteiger partial charge in [0.25, 0.3) is 0 Å². The molecule has 1 aliphatic heterocycles. The predicted molar refractivity (Wildman–Crippen MR) is 63.5 cm³/mol. The predicted octanol–water partition coefficient (Wildman–Crippen LogP) is 1.58. The van der Waals surface area contributed by atoms with E-state index in [4.69, 9.17) is 5.73 Å². The molecule has 2 N–H and O–H groups in total.